The molecule has 0 bridgehead atoms. The SMILES string of the molecule is CCn1nc(C)c2c1c(=O)n(Cc1ccccc1)c(=O)n2CC(=O)Nc1ccc(OC)c(OC)c1. The Balaban J connectivity index is 1.77. The normalized spacial score (nSPS) is 11.0. The molecule has 0 fully saturated rings. The molecule has 10 nitrogen and oxygen atoms in total. The number of carbonyl (C=O) groups excluding carboxylic acids is 1. The lowest BCUT2D eigenvalue weighted by Crippen LogP contribution is -2.42. The number of aromatic nitrogens is 4. The molecular formula is C25H27N5O5. The molecule has 1 amide bonds. The van der Waals surface area contributed by atoms with E-state index in [1.54, 1.807) is 29.8 Å². The van der Waals surface area contributed by atoms with Crippen molar-refractivity contribution in [3.8, 4) is 11.5 Å². The molecule has 10 heteroatoms. The average molecular weight is 478 g/mol. The quantitative estimate of drug-likeness (QED) is 0.417. The Morgan fingerprint density at radius 3 is 2.34 bits per heavy atom. The number of ether oxygens (including phenoxy) is 2. The maximum Gasteiger partial charge on any atom is 0.332 e. The van der Waals surface area contributed by atoms with Crippen LogP contribution >= 0.6 is 0 Å². The lowest BCUT2D eigenvalue weighted by molar-refractivity contribution is -0.116. The van der Waals surface area contributed by atoms with E-state index < -0.39 is 17.2 Å². The third-order valence-electron chi connectivity index (χ3n) is 5.73. The zero-order valence-electron chi connectivity index (χ0n) is 20.1. The van der Waals surface area contributed by atoms with E-state index in [0.29, 0.717) is 40.5 Å². The second kappa shape index (κ2) is 9.88. The molecular weight excluding hydrogens is 450 g/mol. The summed E-state index contributed by atoms with van der Waals surface area (Å²) in [6.45, 7) is 3.82. The molecule has 182 valence electrons. The van der Waals surface area contributed by atoms with Gasteiger partial charge in [0, 0.05) is 18.3 Å². The zero-order chi connectivity index (χ0) is 25.1. The van der Waals surface area contributed by atoms with E-state index in [1.165, 1.54) is 18.8 Å². The largest absolute Gasteiger partial charge is 0.493 e. The minimum absolute atomic E-state index is 0.0830. The molecule has 1 N–H and O–H groups in total. The standard InChI is InChI=1S/C25H27N5O5/c1-5-30-23-22(16(2)27-30)28(25(33)29(24(23)32)14-17-9-7-6-8-10-17)15-21(31)26-18-11-12-19(34-3)20(13-18)35-4/h6-13H,5,14-15H2,1-4H3,(H,26,31). The topological polar surface area (TPSA) is 109 Å². The predicted octanol–water partition coefficient (Wildman–Crippen LogP) is 2.39. The van der Waals surface area contributed by atoms with Crippen LogP contribution in [0.1, 0.15) is 18.2 Å². The third kappa shape index (κ3) is 4.54. The van der Waals surface area contributed by atoms with E-state index in [-0.39, 0.29) is 13.1 Å². The predicted molar refractivity (Wildman–Crippen MR) is 132 cm³/mol. The van der Waals surface area contributed by atoms with Crippen molar-refractivity contribution in [2.75, 3.05) is 19.5 Å². The van der Waals surface area contributed by atoms with Crippen LogP contribution in [0.5, 0.6) is 11.5 Å². The zero-order valence-corrected chi connectivity index (χ0v) is 20.1. The lowest BCUT2D eigenvalue weighted by Gasteiger charge is -2.14. The molecule has 0 spiro atoms. The second-order valence-electron chi connectivity index (χ2n) is 7.96. The summed E-state index contributed by atoms with van der Waals surface area (Å²) < 4.78 is 14.5. The van der Waals surface area contributed by atoms with Gasteiger partial charge in [0.1, 0.15) is 12.1 Å². The molecule has 4 rings (SSSR count). The Hall–Kier alpha value is -4.34. The first-order valence-corrected chi connectivity index (χ1v) is 11.1. The number of carbonyl (C=O) groups is 1. The average Bonchev–Trinajstić information content (AvgIpc) is 3.21. The van der Waals surface area contributed by atoms with Gasteiger partial charge in [0.25, 0.3) is 5.56 Å². The molecule has 0 saturated carbocycles. The summed E-state index contributed by atoms with van der Waals surface area (Å²) in [7, 11) is 3.03. The van der Waals surface area contributed by atoms with Gasteiger partial charge in [0.05, 0.1) is 26.5 Å². The van der Waals surface area contributed by atoms with Crippen molar-refractivity contribution < 1.29 is 14.3 Å². The molecule has 35 heavy (non-hydrogen) atoms. The molecule has 2 aromatic heterocycles. The Morgan fingerprint density at radius 2 is 1.69 bits per heavy atom. The van der Waals surface area contributed by atoms with Gasteiger partial charge in [-0.25, -0.2) is 4.79 Å². The fourth-order valence-corrected chi connectivity index (χ4v) is 4.10. The van der Waals surface area contributed by atoms with E-state index in [1.807, 2.05) is 37.3 Å². The van der Waals surface area contributed by atoms with E-state index in [4.69, 9.17) is 9.47 Å². The minimum atomic E-state index is -0.576. The number of methoxy groups -OCH3 is 2. The first kappa shape index (κ1) is 23.8. The smallest absolute Gasteiger partial charge is 0.332 e. The molecule has 2 aromatic carbocycles. The Kier molecular flexibility index (Phi) is 6.72. The van der Waals surface area contributed by atoms with Crippen LogP contribution in [0.3, 0.4) is 0 Å². The van der Waals surface area contributed by atoms with Crippen molar-refractivity contribution in [1.82, 2.24) is 18.9 Å². The number of hydrogen-bond acceptors (Lipinski definition) is 6. The van der Waals surface area contributed by atoms with Gasteiger partial charge in [-0.15, -0.1) is 0 Å². The highest BCUT2D eigenvalue weighted by Gasteiger charge is 2.22. The van der Waals surface area contributed by atoms with Crippen LogP contribution in [-0.2, 0) is 24.4 Å². The van der Waals surface area contributed by atoms with Gasteiger partial charge in [0.2, 0.25) is 5.91 Å². The molecule has 0 unspecified atom stereocenters. The first-order chi connectivity index (χ1) is 16.9. The van der Waals surface area contributed by atoms with Crippen LogP contribution in [0, 0.1) is 6.92 Å². The van der Waals surface area contributed by atoms with E-state index in [0.717, 1.165) is 10.1 Å². The van der Waals surface area contributed by atoms with Crippen LogP contribution in [0.25, 0.3) is 11.0 Å². The van der Waals surface area contributed by atoms with Crippen LogP contribution in [0.2, 0.25) is 0 Å². The number of rotatable bonds is 8. The number of nitrogens with zero attached hydrogens (tertiary/aromatic N) is 4. The summed E-state index contributed by atoms with van der Waals surface area (Å²) in [6, 6.07) is 14.2. The number of amides is 1. The Bertz CT molecular complexity index is 1500. The number of nitrogens with one attached hydrogen (secondary N) is 1. The molecule has 0 aliphatic heterocycles. The fraction of sp³-hybridized carbons (Fsp3) is 0.280. The van der Waals surface area contributed by atoms with E-state index >= 15 is 0 Å². The van der Waals surface area contributed by atoms with Crippen molar-refractivity contribution in [1.29, 1.82) is 0 Å². The van der Waals surface area contributed by atoms with Gasteiger partial charge in [-0.1, -0.05) is 30.3 Å². The number of fused-ring (bicyclic) bond motifs is 1. The highest BCUT2D eigenvalue weighted by Crippen LogP contribution is 2.29. The third-order valence-corrected chi connectivity index (χ3v) is 5.73. The van der Waals surface area contributed by atoms with Crippen LogP contribution in [0.4, 0.5) is 5.69 Å². The van der Waals surface area contributed by atoms with Gasteiger partial charge < -0.3 is 14.8 Å². The Labute approximate surface area is 201 Å². The van der Waals surface area contributed by atoms with Gasteiger partial charge >= 0.3 is 5.69 Å². The van der Waals surface area contributed by atoms with Crippen LogP contribution in [0.15, 0.2) is 58.1 Å². The summed E-state index contributed by atoms with van der Waals surface area (Å²) in [4.78, 5) is 39.9. The van der Waals surface area contributed by atoms with Crippen LogP contribution in [-0.4, -0.2) is 39.0 Å². The highest BCUT2D eigenvalue weighted by atomic mass is 16.5. The molecule has 0 saturated heterocycles. The van der Waals surface area contributed by atoms with Crippen molar-refractivity contribution in [3.63, 3.8) is 0 Å². The number of anilines is 1. The first-order valence-electron chi connectivity index (χ1n) is 11.1. The number of benzene rings is 2. The monoisotopic (exact) mass is 477 g/mol. The van der Waals surface area contributed by atoms with Crippen molar-refractivity contribution >= 4 is 22.6 Å². The minimum Gasteiger partial charge on any atom is -0.493 e. The number of hydrogen-bond donors (Lipinski definition) is 1. The van der Waals surface area contributed by atoms with Crippen LogP contribution < -0.4 is 26.0 Å². The molecule has 0 atom stereocenters. The summed E-state index contributed by atoms with van der Waals surface area (Å²) in [5.41, 5.74) is 1.41. The molecule has 2 heterocycles. The van der Waals surface area contributed by atoms with Crippen molar-refractivity contribution in [3.05, 3.63) is 80.6 Å². The second-order valence-corrected chi connectivity index (χ2v) is 7.96. The van der Waals surface area contributed by atoms with E-state index in [2.05, 4.69) is 10.4 Å². The summed E-state index contributed by atoms with van der Waals surface area (Å²) in [6.07, 6.45) is 0. The molecule has 0 aliphatic carbocycles. The van der Waals surface area contributed by atoms with Gasteiger partial charge in [-0.05, 0) is 31.5 Å². The van der Waals surface area contributed by atoms with Crippen molar-refractivity contribution in [2.45, 2.75) is 33.5 Å². The van der Waals surface area contributed by atoms with Crippen molar-refractivity contribution in [2.24, 2.45) is 0 Å². The number of aryl methyl sites for hydroxylation is 2. The summed E-state index contributed by atoms with van der Waals surface area (Å²) >= 11 is 0. The van der Waals surface area contributed by atoms with Gasteiger partial charge in [-0.2, -0.15) is 5.10 Å². The maximum absolute atomic E-state index is 13.5. The van der Waals surface area contributed by atoms with Gasteiger partial charge in [-0.3, -0.25) is 23.4 Å². The fourth-order valence-electron chi connectivity index (χ4n) is 4.10. The molecule has 0 aliphatic rings. The van der Waals surface area contributed by atoms with E-state index in [9.17, 15) is 14.4 Å². The Morgan fingerprint density at radius 1 is 0.971 bits per heavy atom. The summed E-state index contributed by atoms with van der Waals surface area (Å²) in [5, 5.41) is 7.22. The van der Waals surface area contributed by atoms with Gasteiger partial charge in [0.15, 0.2) is 17.0 Å². The summed E-state index contributed by atoms with van der Waals surface area (Å²) in [5.74, 6) is 0.550. The molecule has 0 radical (unpaired) electrons. The highest BCUT2D eigenvalue weighted by molar-refractivity contribution is 5.92. The maximum atomic E-state index is 13.5. The lowest BCUT2D eigenvalue weighted by atomic mass is 10.2. The molecule has 4 aromatic rings.